The Bertz CT molecular complexity index is 385. The molecule has 2 bridgehead atoms. The van der Waals surface area contributed by atoms with E-state index in [1.165, 1.54) is 19.3 Å². The van der Waals surface area contributed by atoms with Gasteiger partial charge in [0.05, 0.1) is 6.10 Å². The van der Waals surface area contributed by atoms with Crippen LogP contribution in [-0.2, 0) is 9.53 Å². The van der Waals surface area contributed by atoms with Gasteiger partial charge in [-0.3, -0.25) is 4.79 Å². The van der Waals surface area contributed by atoms with Crippen molar-refractivity contribution in [3.05, 3.63) is 0 Å². The van der Waals surface area contributed by atoms with E-state index >= 15 is 0 Å². The number of fused-ring (bicyclic) bond motifs is 2. The van der Waals surface area contributed by atoms with Crippen molar-refractivity contribution < 1.29 is 9.53 Å². The van der Waals surface area contributed by atoms with Gasteiger partial charge in [-0.1, -0.05) is 20.3 Å². The van der Waals surface area contributed by atoms with Gasteiger partial charge in [-0.05, 0) is 49.9 Å². The summed E-state index contributed by atoms with van der Waals surface area (Å²) in [4.78, 5) is 14.9. The van der Waals surface area contributed by atoms with Crippen molar-refractivity contribution in [3.63, 3.8) is 0 Å². The van der Waals surface area contributed by atoms with Crippen LogP contribution in [0.25, 0.3) is 0 Å². The minimum atomic E-state index is 0.221. The zero-order valence-corrected chi connectivity index (χ0v) is 14.2. The highest BCUT2D eigenvalue weighted by Gasteiger charge is 2.42. The van der Waals surface area contributed by atoms with Crippen LogP contribution < -0.4 is 5.73 Å². The molecule has 2 N–H and O–H groups in total. The van der Waals surface area contributed by atoms with Gasteiger partial charge in [0.1, 0.15) is 0 Å². The van der Waals surface area contributed by atoms with Gasteiger partial charge in [0.2, 0.25) is 5.91 Å². The first kappa shape index (κ1) is 16.3. The summed E-state index contributed by atoms with van der Waals surface area (Å²) in [6.07, 6.45) is 7.03. The first-order valence-electron chi connectivity index (χ1n) is 9.20. The Kier molecular flexibility index (Phi) is 5.08. The number of hydrogen-bond donors (Lipinski definition) is 1. The van der Waals surface area contributed by atoms with Gasteiger partial charge < -0.3 is 15.4 Å². The van der Waals surface area contributed by atoms with E-state index in [4.69, 9.17) is 10.5 Å². The van der Waals surface area contributed by atoms with Crippen molar-refractivity contribution in [2.45, 2.75) is 64.5 Å². The number of ether oxygens (including phenoxy) is 1. The van der Waals surface area contributed by atoms with Crippen molar-refractivity contribution in [1.82, 2.24) is 4.90 Å². The van der Waals surface area contributed by atoms with Gasteiger partial charge in [0.15, 0.2) is 0 Å². The molecule has 22 heavy (non-hydrogen) atoms. The van der Waals surface area contributed by atoms with E-state index in [2.05, 4.69) is 18.7 Å². The molecule has 1 amide bonds. The van der Waals surface area contributed by atoms with Gasteiger partial charge in [0, 0.05) is 31.7 Å². The van der Waals surface area contributed by atoms with E-state index in [0.717, 1.165) is 39.0 Å². The van der Waals surface area contributed by atoms with Gasteiger partial charge in [-0.15, -0.1) is 0 Å². The van der Waals surface area contributed by atoms with Crippen LogP contribution in [0.4, 0.5) is 0 Å². The number of rotatable bonds is 4. The minimum absolute atomic E-state index is 0.221. The summed E-state index contributed by atoms with van der Waals surface area (Å²) in [6, 6.07) is 0.346. The summed E-state index contributed by atoms with van der Waals surface area (Å²) in [7, 11) is 0. The second kappa shape index (κ2) is 6.88. The summed E-state index contributed by atoms with van der Waals surface area (Å²) < 4.78 is 5.91. The van der Waals surface area contributed by atoms with Gasteiger partial charge in [-0.2, -0.15) is 0 Å². The number of nitrogens with zero attached hydrogens (tertiary/aromatic N) is 1. The summed E-state index contributed by atoms with van der Waals surface area (Å²) >= 11 is 0. The zero-order chi connectivity index (χ0) is 15.7. The first-order valence-corrected chi connectivity index (χ1v) is 9.20. The number of carbonyl (C=O) groups excluding carboxylic acids is 1. The third kappa shape index (κ3) is 3.48. The van der Waals surface area contributed by atoms with Gasteiger partial charge >= 0.3 is 0 Å². The maximum Gasteiger partial charge on any atom is 0.225 e. The maximum absolute atomic E-state index is 12.9. The predicted molar refractivity (Wildman–Crippen MR) is 87.3 cm³/mol. The molecule has 1 heterocycles. The molecule has 0 radical (unpaired) electrons. The molecule has 4 nitrogen and oxygen atoms in total. The van der Waals surface area contributed by atoms with Crippen LogP contribution in [0.1, 0.15) is 52.4 Å². The Hall–Kier alpha value is -0.610. The van der Waals surface area contributed by atoms with E-state index < -0.39 is 0 Å². The molecule has 0 spiro atoms. The van der Waals surface area contributed by atoms with Crippen LogP contribution >= 0.6 is 0 Å². The Balaban J connectivity index is 1.52. The molecule has 0 aromatic carbocycles. The third-order valence-electron chi connectivity index (χ3n) is 5.88. The molecular weight excluding hydrogens is 276 g/mol. The SMILES string of the molecule is CC(C)COC1CCN(C(=O)C2CC3CCCC(C2)C3N)C1. The van der Waals surface area contributed by atoms with Crippen LogP contribution in [-0.4, -0.2) is 42.6 Å². The monoisotopic (exact) mass is 308 g/mol. The van der Waals surface area contributed by atoms with Crippen LogP contribution in [0.2, 0.25) is 0 Å². The summed E-state index contributed by atoms with van der Waals surface area (Å²) in [5.74, 6) is 2.32. The number of hydrogen-bond acceptors (Lipinski definition) is 3. The van der Waals surface area contributed by atoms with Crippen molar-refractivity contribution in [3.8, 4) is 0 Å². The molecule has 3 atom stereocenters. The molecule has 0 aromatic rings. The fourth-order valence-corrected chi connectivity index (χ4v) is 4.64. The molecule has 2 aliphatic carbocycles. The topological polar surface area (TPSA) is 55.6 Å². The molecule has 2 saturated carbocycles. The molecule has 3 unspecified atom stereocenters. The molecule has 126 valence electrons. The lowest BCUT2D eigenvalue weighted by atomic mass is 9.65. The first-order chi connectivity index (χ1) is 10.5. The van der Waals surface area contributed by atoms with Crippen molar-refractivity contribution in [1.29, 1.82) is 0 Å². The lowest BCUT2D eigenvalue weighted by molar-refractivity contribution is -0.138. The molecular formula is C18H32N2O2. The molecule has 1 saturated heterocycles. The second-order valence-corrected chi connectivity index (χ2v) is 8.12. The van der Waals surface area contributed by atoms with Crippen molar-refractivity contribution in [2.24, 2.45) is 29.4 Å². The second-order valence-electron chi connectivity index (χ2n) is 8.12. The lowest BCUT2D eigenvalue weighted by Crippen LogP contribution is -2.49. The van der Waals surface area contributed by atoms with E-state index in [9.17, 15) is 4.79 Å². The number of nitrogens with two attached hydrogens (primary N) is 1. The minimum Gasteiger partial charge on any atom is -0.376 e. The van der Waals surface area contributed by atoms with Crippen molar-refractivity contribution in [2.75, 3.05) is 19.7 Å². The average molecular weight is 308 g/mol. The Morgan fingerprint density at radius 2 is 1.91 bits per heavy atom. The van der Waals surface area contributed by atoms with Crippen molar-refractivity contribution >= 4 is 5.91 Å². The highest BCUT2D eigenvalue weighted by atomic mass is 16.5. The van der Waals surface area contributed by atoms with Gasteiger partial charge in [-0.25, -0.2) is 0 Å². The molecule has 3 fully saturated rings. The van der Waals surface area contributed by atoms with Crippen LogP contribution in [0.5, 0.6) is 0 Å². The standard InChI is InChI=1S/C18H32N2O2/c1-12(2)11-22-16-6-7-20(10-16)18(21)15-8-13-4-3-5-14(9-15)17(13)19/h12-17H,3-11,19H2,1-2H3. The smallest absolute Gasteiger partial charge is 0.225 e. The lowest BCUT2D eigenvalue weighted by Gasteiger charge is -2.44. The van der Waals surface area contributed by atoms with E-state index in [1.807, 2.05) is 0 Å². The molecule has 3 aliphatic rings. The Labute approximate surface area is 134 Å². The molecule has 4 heteroatoms. The summed E-state index contributed by atoms with van der Waals surface area (Å²) in [6.45, 7) is 6.81. The third-order valence-corrected chi connectivity index (χ3v) is 5.88. The Morgan fingerprint density at radius 1 is 1.23 bits per heavy atom. The quantitative estimate of drug-likeness (QED) is 0.868. The normalized spacial score (nSPS) is 38.5. The summed E-state index contributed by atoms with van der Waals surface area (Å²) in [5.41, 5.74) is 6.35. The molecule has 1 aliphatic heterocycles. The van der Waals surface area contributed by atoms with Crippen LogP contribution in [0.15, 0.2) is 0 Å². The predicted octanol–water partition coefficient (Wildman–Crippen LogP) is 2.41. The fraction of sp³-hybridized carbons (Fsp3) is 0.944. The van der Waals surface area contributed by atoms with Crippen LogP contribution in [0, 0.1) is 23.7 Å². The number of amides is 1. The van der Waals surface area contributed by atoms with Gasteiger partial charge in [0.25, 0.3) is 0 Å². The van der Waals surface area contributed by atoms with E-state index in [1.54, 1.807) is 0 Å². The fourth-order valence-electron chi connectivity index (χ4n) is 4.64. The van der Waals surface area contributed by atoms with E-state index in [-0.39, 0.29) is 12.0 Å². The molecule has 0 aromatic heterocycles. The maximum atomic E-state index is 12.9. The Morgan fingerprint density at radius 3 is 2.55 bits per heavy atom. The highest BCUT2D eigenvalue weighted by molar-refractivity contribution is 5.79. The van der Waals surface area contributed by atoms with Crippen LogP contribution in [0.3, 0.4) is 0 Å². The van der Waals surface area contributed by atoms with E-state index in [0.29, 0.717) is 29.7 Å². The zero-order valence-electron chi connectivity index (χ0n) is 14.2. The highest BCUT2D eigenvalue weighted by Crippen LogP contribution is 2.42. The number of likely N-dealkylation sites (tertiary alicyclic amines) is 1. The average Bonchev–Trinajstić information content (AvgIpc) is 2.93. The number of carbonyl (C=O) groups is 1. The summed E-state index contributed by atoms with van der Waals surface area (Å²) in [5, 5.41) is 0. The molecule has 3 rings (SSSR count). The largest absolute Gasteiger partial charge is 0.376 e.